The van der Waals surface area contributed by atoms with E-state index in [1.54, 1.807) is 11.8 Å². The second-order valence-corrected chi connectivity index (χ2v) is 8.61. The number of aliphatic carboxylic acids is 1. The normalized spacial score (nSPS) is 23.4. The maximum Gasteiger partial charge on any atom is 0.327 e. The molecule has 11 heteroatoms. The van der Waals surface area contributed by atoms with Gasteiger partial charge in [-0.3, -0.25) is 14.4 Å². The van der Waals surface area contributed by atoms with E-state index >= 15 is 0 Å². The van der Waals surface area contributed by atoms with Crippen LogP contribution in [0.5, 0.6) is 0 Å². The minimum Gasteiger partial charge on any atom is -0.480 e. The number of carboxylic acids is 1. The van der Waals surface area contributed by atoms with Crippen molar-refractivity contribution in [1.82, 2.24) is 20.9 Å². The van der Waals surface area contributed by atoms with Gasteiger partial charge in [0.25, 0.3) is 0 Å². The van der Waals surface area contributed by atoms with Gasteiger partial charge >= 0.3 is 5.97 Å². The van der Waals surface area contributed by atoms with Crippen molar-refractivity contribution >= 4 is 48.1 Å². The van der Waals surface area contributed by atoms with Crippen LogP contribution in [-0.2, 0) is 19.2 Å². The Labute approximate surface area is 180 Å². The molecule has 0 aromatic carbocycles. The van der Waals surface area contributed by atoms with Crippen LogP contribution in [-0.4, -0.2) is 88.7 Å². The van der Waals surface area contributed by atoms with E-state index in [1.807, 2.05) is 6.26 Å². The lowest BCUT2D eigenvalue weighted by Gasteiger charge is -2.29. The van der Waals surface area contributed by atoms with E-state index in [4.69, 9.17) is 5.11 Å². The van der Waals surface area contributed by atoms with Crippen molar-refractivity contribution in [2.24, 2.45) is 0 Å². The van der Waals surface area contributed by atoms with Crippen LogP contribution >= 0.6 is 24.4 Å². The molecule has 164 valence electrons. The van der Waals surface area contributed by atoms with Crippen molar-refractivity contribution < 1.29 is 24.3 Å². The summed E-state index contributed by atoms with van der Waals surface area (Å²) >= 11 is 5.54. The van der Waals surface area contributed by atoms with Gasteiger partial charge in [-0.1, -0.05) is 0 Å². The fourth-order valence-corrected chi connectivity index (χ4v) is 4.35. The zero-order valence-corrected chi connectivity index (χ0v) is 18.3. The molecule has 0 spiro atoms. The van der Waals surface area contributed by atoms with Gasteiger partial charge in [-0.25, -0.2) is 4.79 Å². The molecule has 2 aliphatic heterocycles. The quantitative estimate of drug-likeness (QED) is 0.285. The number of likely N-dealkylation sites (tertiary alicyclic amines) is 1. The summed E-state index contributed by atoms with van der Waals surface area (Å²) in [5.41, 5.74) is 0. The zero-order valence-electron chi connectivity index (χ0n) is 16.6. The molecule has 0 radical (unpaired) electrons. The van der Waals surface area contributed by atoms with Crippen LogP contribution in [0.1, 0.15) is 32.1 Å². The largest absolute Gasteiger partial charge is 0.480 e. The lowest BCUT2D eigenvalue weighted by atomic mass is 10.1. The molecule has 2 rings (SSSR count). The molecule has 3 amide bonds. The SMILES string of the molecule is CSCCC(NC(=O)C1CCCN1)C(=O)N1CCCC1C(=O)NC(CS)C(=O)O. The molecule has 2 saturated heterocycles. The molecule has 0 aromatic heterocycles. The minimum absolute atomic E-state index is 0.0392. The van der Waals surface area contributed by atoms with Gasteiger partial charge in [0, 0.05) is 12.3 Å². The number of carboxylic acid groups (broad SMARTS) is 1. The summed E-state index contributed by atoms with van der Waals surface area (Å²) in [7, 11) is 0. The number of nitrogens with zero attached hydrogens (tertiary/aromatic N) is 1. The standard InChI is InChI=1S/C18H30N4O5S2/c1-29-9-6-12(20-15(23)11-4-2-7-19-11)17(25)22-8-3-5-14(22)16(24)21-13(10-28)18(26)27/h11-14,19,28H,2-10H2,1H3,(H,20,23)(H,21,24)(H,26,27). The maximum absolute atomic E-state index is 13.2. The first kappa shape index (κ1) is 23.8. The average molecular weight is 447 g/mol. The third kappa shape index (κ3) is 6.51. The highest BCUT2D eigenvalue weighted by molar-refractivity contribution is 7.98. The molecule has 0 bridgehead atoms. The van der Waals surface area contributed by atoms with E-state index in [-0.39, 0.29) is 23.6 Å². The van der Waals surface area contributed by atoms with Crippen molar-refractivity contribution in [2.45, 2.75) is 56.3 Å². The van der Waals surface area contributed by atoms with Crippen LogP contribution in [0.4, 0.5) is 0 Å². The van der Waals surface area contributed by atoms with E-state index in [1.165, 1.54) is 4.90 Å². The topological polar surface area (TPSA) is 128 Å². The molecule has 4 N–H and O–H groups in total. The average Bonchev–Trinajstić information content (AvgIpc) is 3.40. The summed E-state index contributed by atoms with van der Waals surface area (Å²) in [4.78, 5) is 50.9. The van der Waals surface area contributed by atoms with Crippen LogP contribution in [0, 0.1) is 0 Å². The highest BCUT2D eigenvalue weighted by atomic mass is 32.2. The first-order valence-corrected chi connectivity index (χ1v) is 11.9. The minimum atomic E-state index is -1.17. The predicted molar refractivity (Wildman–Crippen MR) is 114 cm³/mol. The summed E-state index contributed by atoms with van der Waals surface area (Å²) in [6.45, 7) is 1.19. The fraction of sp³-hybridized carbons (Fsp3) is 0.778. The first-order valence-electron chi connectivity index (χ1n) is 9.86. The number of thiol groups is 1. The van der Waals surface area contributed by atoms with Crippen molar-refractivity contribution in [3.63, 3.8) is 0 Å². The summed E-state index contributed by atoms with van der Waals surface area (Å²) in [6.07, 6.45) is 5.17. The first-order chi connectivity index (χ1) is 13.9. The Morgan fingerprint density at radius 1 is 1.17 bits per heavy atom. The number of thioether (sulfide) groups is 1. The van der Waals surface area contributed by atoms with Gasteiger partial charge in [-0.05, 0) is 50.7 Å². The van der Waals surface area contributed by atoms with Crippen LogP contribution in [0.2, 0.25) is 0 Å². The molecular formula is C18H30N4O5S2. The molecular weight excluding hydrogens is 416 g/mol. The monoisotopic (exact) mass is 446 g/mol. The van der Waals surface area contributed by atoms with E-state index in [9.17, 15) is 19.2 Å². The van der Waals surface area contributed by atoms with Crippen LogP contribution in [0.15, 0.2) is 0 Å². The van der Waals surface area contributed by atoms with Gasteiger partial charge in [0.15, 0.2) is 0 Å². The second-order valence-electron chi connectivity index (χ2n) is 7.26. The summed E-state index contributed by atoms with van der Waals surface area (Å²) in [6, 6.07) is -2.83. The van der Waals surface area contributed by atoms with E-state index in [0.29, 0.717) is 31.6 Å². The van der Waals surface area contributed by atoms with Crippen molar-refractivity contribution in [3.8, 4) is 0 Å². The number of nitrogens with one attached hydrogen (secondary N) is 3. The molecule has 4 atom stereocenters. The second kappa shape index (κ2) is 11.7. The number of carbonyl (C=O) groups excluding carboxylic acids is 3. The molecule has 2 aliphatic rings. The summed E-state index contributed by atoms with van der Waals surface area (Å²) in [5, 5.41) is 17.6. The van der Waals surface area contributed by atoms with Crippen LogP contribution in [0.25, 0.3) is 0 Å². The number of hydrogen-bond donors (Lipinski definition) is 5. The molecule has 9 nitrogen and oxygen atoms in total. The third-order valence-corrected chi connectivity index (χ3v) is 6.25. The zero-order chi connectivity index (χ0) is 21.4. The van der Waals surface area contributed by atoms with Crippen molar-refractivity contribution in [2.75, 3.05) is 30.9 Å². The lowest BCUT2D eigenvalue weighted by molar-refractivity contribution is -0.144. The Kier molecular flexibility index (Phi) is 9.57. The molecule has 0 saturated carbocycles. The Hall–Kier alpha value is -1.46. The van der Waals surface area contributed by atoms with Crippen molar-refractivity contribution in [3.05, 3.63) is 0 Å². The van der Waals surface area contributed by atoms with Gasteiger partial charge in [-0.15, -0.1) is 0 Å². The molecule has 29 heavy (non-hydrogen) atoms. The van der Waals surface area contributed by atoms with Gasteiger partial charge in [0.1, 0.15) is 18.1 Å². The Morgan fingerprint density at radius 3 is 2.48 bits per heavy atom. The number of carbonyl (C=O) groups is 4. The lowest BCUT2D eigenvalue weighted by Crippen LogP contribution is -2.57. The van der Waals surface area contributed by atoms with Gasteiger partial charge < -0.3 is 26.0 Å². The highest BCUT2D eigenvalue weighted by Crippen LogP contribution is 2.20. The summed E-state index contributed by atoms with van der Waals surface area (Å²) in [5.74, 6) is -1.49. The molecule has 4 unspecified atom stereocenters. The van der Waals surface area contributed by atoms with E-state index < -0.39 is 30.0 Å². The van der Waals surface area contributed by atoms with Crippen molar-refractivity contribution in [1.29, 1.82) is 0 Å². The van der Waals surface area contributed by atoms with Gasteiger partial charge in [0.05, 0.1) is 6.04 Å². The molecule has 0 aromatic rings. The molecule has 2 heterocycles. The molecule has 2 fully saturated rings. The van der Waals surface area contributed by atoms with Gasteiger partial charge in [0.2, 0.25) is 17.7 Å². The summed E-state index contributed by atoms with van der Waals surface area (Å²) < 4.78 is 0. The Morgan fingerprint density at radius 2 is 1.90 bits per heavy atom. The van der Waals surface area contributed by atoms with E-state index in [0.717, 1.165) is 19.4 Å². The Balaban J connectivity index is 2.05. The third-order valence-electron chi connectivity index (χ3n) is 5.24. The molecule has 0 aliphatic carbocycles. The Bertz CT molecular complexity index is 615. The fourth-order valence-electron chi connectivity index (χ4n) is 3.63. The number of amides is 3. The maximum atomic E-state index is 13.2. The van der Waals surface area contributed by atoms with Gasteiger partial charge in [-0.2, -0.15) is 24.4 Å². The predicted octanol–water partition coefficient (Wildman–Crippen LogP) is -0.533. The van der Waals surface area contributed by atoms with Crippen LogP contribution in [0.3, 0.4) is 0 Å². The number of rotatable bonds is 10. The smallest absolute Gasteiger partial charge is 0.327 e. The number of hydrogen-bond acceptors (Lipinski definition) is 7. The van der Waals surface area contributed by atoms with E-state index in [2.05, 4.69) is 28.6 Å². The highest BCUT2D eigenvalue weighted by Gasteiger charge is 2.39. The van der Waals surface area contributed by atoms with Crippen LogP contribution < -0.4 is 16.0 Å².